The monoisotopic (exact) mass is 162 g/mol. The Balaban J connectivity index is 2.96. The maximum Gasteiger partial charge on any atom is 0.144 e. The van der Waals surface area contributed by atoms with E-state index < -0.39 is 0 Å². The Labute approximate surface area is 70.2 Å². The van der Waals surface area contributed by atoms with Crippen LogP contribution >= 0.6 is 0 Å². The number of aromatic nitrogens is 2. The van der Waals surface area contributed by atoms with Crippen LogP contribution in [-0.4, -0.2) is 14.9 Å². The minimum atomic E-state index is 0.326. The van der Waals surface area contributed by atoms with E-state index in [0.717, 1.165) is 16.5 Å². The molecule has 12 heavy (non-hydrogen) atoms. The van der Waals surface area contributed by atoms with Gasteiger partial charge in [0.15, 0.2) is 0 Å². The van der Waals surface area contributed by atoms with Crippen LogP contribution in [0.5, 0.6) is 5.75 Å². The molecule has 1 aromatic carbocycles. The Hall–Kier alpha value is -1.51. The molecule has 0 fully saturated rings. The molecule has 0 aliphatic heterocycles. The Kier molecular flexibility index (Phi) is 1.33. The summed E-state index contributed by atoms with van der Waals surface area (Å²) in [4.78, 5) is 0. The van der Waals surface area contributed by atoms with Gasteiger partial charge in [-0.1, -0.05) is 12.1 Å². The summed E-state index contributed by atoms with van der Waals surface area (Å²) < 4.78 is 1.68. The molecule has 1 heterocycles. The van der Waals surface area contributed by atoms with Crippen molar-refractivity contribution < 1.29 is 5.11 Å². The van der Waals surface area contributed by atoms with Crippen molar-refractivity contribution in [3.8, 4) is 5.75 Å². The van der Waals surface area contributed by atoms with Gasteiger partial charge in [0.2, 0.25) is 0 Å². The predicted molar refractivity (Wildman–Crippen MR) is 47.1 cm³/mol. The van der Waals surface area contributed by atoms with Crippen molar-refractivity contribution in [3.05, 3.63) is 23.9 Å². The number of rotatable bonds is 0. The molecule has 0 amide bonds. The summed E-state index contributed by atoms with van der Waals surface area (Å²) in [6.07, 6.45) is 1.74. The van der Waals surface area contributed by atoms with Crippen LogP contribution in [0.1, 0.15) is 5.56 Å². The molecule has 0 unspecified atom stereocenters. The smallest absolute Gasteiger partial charge is 0.144 e. The number of aryl methyl sites for hydroxylation is 2. The van der Waals surface area contributed by atoms with Crippen molar-refractivity contribution in [2.45, 2.75) is 6.92 Å². The molecule has 2 rings (SSSR count). The molecular formula is C9H10N2O. The quantitative estimate of drug-likeness (QED) is 0.638. The SMILES string of the molecule is Cc1ccc2cnn(C)c2c1O. The van der Waals surface area contributed by atoms with E-state index in [9.17, 15) is 5.11 Å². The summed E-state index contributed by atoms with van der Waals surface area (Å²) in [6.45, 7) is 1.88. The van der Waals surface area contributed by atoms with Gasteiger partial charge in [0.25, 0.3) is 0 Å². The molecule has 2 aromatic rings. The van der Waals surface area contributed by atoms with Gasteiger partial charge in [0.1, 0.15) is 11.3 Å². The molecule has 3 heteroatoms. The Morgan fingerprint density at radius 3 is 2.92 bits per heavy atom. The number of hydrogen-bond acceptors (Lipinski definition) is 2. The lowest BCUT2D eigenvalue weighted by Crippen LogP contribution is -1.89. The first-order valence-electron chi connectivity index (χ1n) is 3.80. The van der Waals surface area contributed by atoms with E-state index in [0.29, 0.717) is 5.75 Å². The van der Waals surface area contributed by atoms with E-state index in [4.69, 9.17) is 0 Å². The van der Waals surface area contributed by atoms with Crippen LogP contribution in [0.25, 0.3) is 10.9 Å². The largest absolute Gasteiger partial charge is 0.505 e. The highest BCUT2D eigenvalue weighted by atomic mass is 16.3. The van der Waals surface area contributed by atoms with Gasteiger partial charge >= 0.3 is 0 Å². The zero-order valence-corrected chi connectivity index (χ0v) is 7.07. The average Bonchev–Trinajstić information content (AvgIpc) is 2.41. The van der Waals surface area contributed by atoms with Gasteiger partial charge in [0, 0.05) is 12.4 Å². The fourth-order valence-electron chi connectivity index (χ4n) is 1.35. The standard InChI is InChI=1S/C9H10N2O/c1-6-3-4-7-5-10-11(2)8(7)9(6)12/h3-5,12H,1-2H3. The summed E-state index contributed by atoms with van der Waals surface area (Å²) in [6, 6.07) is 3.84. The van der Waals surface area contributed by atoms with E-state index >= 15 is 0 Å². The number of benzene rings is 1. The summed E-state index contributed by atoms with van der Waals surface area (Å²) in [5.41, 5.74) is 1.68. The summed E-state index contributed by atoms with van der Waals surface area (Å²) >= 11 is 0. The number of aromatic hydroxyl groups is 1. The Bertz CT molecular complexity index is 431. The first-order valence-corrected chi connectivity index (χ1v) is 3.80. The molecule has 0 aliphatic rings. The van der Waals surface area contributed by atoms with Crippen molar-refractivity contribution in [2.24, 2.45) is 7.05 Å². The van der Waals surface area contributed by atoms with E-state index in [1.54, 1.807) is 10.9 Å². The van der Waals surface area contributed by atoms with Crippen molar-refractivity contribution in [1.82, 2.24) is 9.78 Å². The third-order valence-corrected chi connectivity index (χ3v) is 2.08. The van der Waals surface area contributed by atoms with Crippen LogP contribution in [0.4, 0.5) is 0 Å². The fraction of sp³-hybridized carbons (Fsp3) is 0.222. The highest BCUT2D eigenvalue weighted by Gasteiger charge is 2.06. The normalized spacial score (nSPS) is 10.8. The maximum atomic E-state index is 9.67. The molecule has 0 radical (unpaired) electrons. The lowest BCUT2D eigenvalue weighted by molar-refractivity contribution is 0.473. The predicted octanol–water partition coefficient (Wildman–Crippen LogP) is 1.59. The second-order valence-electron chi connectivity index (χ2n) is 2.94. The number of hydrogen-bond donors (Lipinski definition) is 1. The number of phenols is 1. The van der Waals surface area contributed by atoms with Crippen LogP contribution in [-0.2, 0) is 7.05 Å². The second-order valence-corrected chi connectivity index (χ2v) is 2.94. The van der Waals surface area contributed by atoms with Crippen LogP contribution < -0.4 is 0 Å². The second kappa shape index (κ2) is 2.24. The van der Waals surface area contributed by atoms with Gasteiger partial charge in [-0.2, -0.15) is 5.10 Å². The fourth-order valence-corrected chi connectivity index (χ4v) is 1.35. The highest BCUT2D eigenvalue weighted by Crippen LogP contribution is 2.26. The summed E-state index contributed by atoms with van der Waals surface area (Å²) in [7, 11) is 1.82. The lowest BCUT2D eigenvalue weighted by Gasteiger charge is -2.00. The first-order chi connectivity index (χ1) is 5.70. The van der Waals surface area contributed by atoms with Crippen LogP contribution in [0.2, 0.25) is 0 Å². The lowest BCUT2D eigenvalue weighted by atomic mass is 10.1. The molecule has 62 valence electrons. The van der Waals surface area contributed by atoms with Crippen LogP contribution in [0.15, 0.2) is 18.3 Å². The molecule has 1 aromatic heterocycles. The molecule has 0 atom stereocenters. The van der Waals surface area contributed by atoms with Crippen LogP contribution in [0.3, 0.4) is 0 Å². The molecule has 1 N–H and O–H groups in total. The topological polar surface area (TPSA) is 38.0 Å². The van der Waals surface area contributed by atoms with E-state index in [1.807, 2.05) is 26.1 Å². The third kappa shape index (κ3) is 0.794. The molecular weight excluding hydrogens is 152 g/mol. The van der Waals surface area contributed by atoms with Crippen molar-refractivity contribution in [2.75, 3.05) is 0 Å². The minimum absolute atomic E-state index is 0.326. The molecule has 0 saturated heterocycles. The van der Waals surface area contributed by atoms with Gasteiger partial charge in [-0.15, -0.1) is 0 Å². The summed E-state index contributed by atoms with van der Waals surface area (Å²) in [5.74, 6) is 0.326. The number of fused-ring (bicyclic) bond motifs is 1. The van der Waals surface area contributed by atoms with E-state index in [1.165, 1.54) is 0 Å². The van der Waals surface area contributed by atoms with Crippen molar-refractivity contribution >= 4 is 10.9 Å². The molecule has 0 spiro atoms. The number of phenolic OH excluding ortho intramolecular Hbond substituents is 1. The molecule has 0 aliphatic carbocycles. The van der Waals surface area contributed by atoms with E-state index in [2.05, 4.69) is 5.10 Å². The number of nitrogens with zero attached hydrogens (tertiary/aromatic N) is 2. The van der Waals surface area contributed by atoms with Crippen molar-refractivity contribution in [3.63, 3.8) is 0 Å². The Morgan fingerprint density at radius 2 is 2.17 bits per heavy atom. The van der Waals surface area contributed by atoms with Gasteiger partial charge < -0.3 is 5.11 Å². The first kappa shape index (κ1) is 7.16. The van der Waals surface area contributed by atoms with E-state index in [-0.39, 0.29) is 0 Å². The summed E-state index contributed by atoms with van der Waals surface area (Å²) in [5, 5.41) is 14.7. The molecule has 0 saturated carbocycles. The molecule has 0 bridgehead atoms. The zero-order valence-electron chi connectivity index (χ0n) is 7.07. The van der Waals surface area contributed by atoms with Gasteiger partial charge in [-0.3, -0.25) is 4.68 Å². The maximum absolute atomic E-state index is 9.67. The van der Waals surface area contributed by atoms with Crippen molar-refractivity contribution in [1.29, 1.82) is 0 Å². The average molecular weight is 162 g/mol. The van der Waals surface area contributed by atoms with Gasteiger partial charge in [-0.25, -0.2) is 0 Å². The molecule has 3 nitrogen and oxygen atoms in total. The minimum Gasteiger partial charge on any atom is -0.505 e. The zero-order chi connectivity index (χ0) is 8.72. The Morgan fingerprint density at radius 1 is 1.42 bits per heavy atom. The van der Waals surface area contributed by atoms with Crippen LogP contribution in [0, 0.1) is 6.92 Å². The highest BCUT2D eigenvalue weighted by molar-refractivity contribution is 5.85. The third-order valence-electron chi connectivity index (χ3n) is 2.08. The van der Waals surface area contributed by atoms with Gasteiger partial charge in [-0.05, 0) is 12.5 Å². The van der Waals surface area contributed by atoms with Gasteiger partial charge in [0.05, 0.1) is 6.20 Å².